The molecule has 1 aromatic carbocycles. The summed E-state index contributed by atoms with van der Waals surface area (Å²) < 4.78 is 31.5. The van der Waals surface area contributed by atoms with Crippen LogP contribution >= 0.6 is 0 Å². The number of benzene rings is 1. The first-order valence-electron chi connectivity index (χ1n) is 6.14. The third-order valence-electron chi connectivity index (χ3n) is 2.89. The van der Waals surface area contributed by atoms with E-state index in [0.717, 1.165) is 12.1 Å². The highest BCUT2D eigenvalue weighted by Crippen LogP contribution is 2.25. The Hall–Kier alpha value is -2.56. The molecule has 0 N–H and O–H groups in total. The molecule has 0 saturated carbocycles. The van der Waals surface area contributed by atoms with Gasteiger partial charge in [0.2, 0.25) is 0 Å². The van der Waals surface area contributed by atoms with Gasteiger partial charge >= 0.3 is 5.97 Å². The first kappa shape index (κ1) is 14.8. The van der Waals surface area contributed by atoms with Gasteiger partial charge in [-0.2, -0.15) is 0 Å². The van der Waals surface area contributed by atoms with Crippen LogP contribution in [-0.2, 0) is 4.74 Å². The molecule has 0 fully saturated rings. The number of halogens is 2. The van der Waals surface area contributed by atoms with E-state index in [1.165, 1.54) is 25.3 Å². The largest absolute Gasteiger partial charge is 0.465 e. The van der Waals surface area contributed by atoms with E-state index in [4.69, 9.17) is 0 Å². The van der Waals surface area contributed by atoms with E-state index in [1.54, 1.807) is 6.92 Å². The van der Waals surface area contributed by atoms with E-state index in [1.807, 2.05) is 0 Å². The highest BCUT2D eigenvalue weighted by molar-refractivity contribution is 5.91. The van der Waals surface area contributed by atoms with Gasteiger partial charge in [0.05, 0.1) is 24.1 Å². The summed E-state index contributed by atoms with van der Waals surface area (Å²) in [4.78, 5) is 15.9. The zero-order valence-corrected chi connectivity index (χ0v) is 11.6. The molecule has 0 aliphatic rings. The minimum absolute atomic E-state index is 0.102. The molecule has 0 radical (unpaired) electrons. The Labute approximate surface area is 120 Å². The van der Waals surface area contributed by atoms with Crippen LogP contribution in [-0.4, -0.2) is 18.1 Å². The van der Waals surface area contributed by atoms with Gasteiger partial charge in [-0.05, 0) is 36.8 Å². The van der Waals surface area contributed by atoms with Crippen LogP contribution in [0.4, 0.5) is 8.78 Å². The molecule has 0 bridgehead atoms. The fourth-order valence-corrected chi connectivity index (χ4v) is 1.82. The predicted molar refractivity (Wildman–Crippen MR) is 75.6 cm³/mol. The zero-order valence-electron chi connectivity index (χ0n) is 11.6. The quantitative estimate of drug-likeness (QED) is 0.806. The summed E-state index contributed by atoms with van der Waals surface area (Å²) in [5.74, 6) is -2.00. The van der Waals surface area contributed by atoms with E-state index >= 15 is 0 Å². The molecule has 0 amide bonds. The fraction of sp³-hybridized carbons (Fsp3) is 0.125. The molecule has 2 aromatic rings. The van der Waals surface area contributed by atoms with Gasteiger partial charge in [0.15, 0.2) is 0 Å². The zero-order chi connectivity index (χ0) is 15.6. The molecule has 21 heavy (non-hydrogen) atoms. The van der Waals surface area contributed by atoms with Crippen molar-refractivity contribution in [2.75, 3.05) is 7.11 Å². The van der Waals surface area contributed by atoms with Gasteiger partial charge in [-0.3, -0.25) is 0 Å². The summed E-state index contributed by atoms with van der Waals surface area (Å²) in [7, 11) is 1.25. The third kappa shape index (κ3) is 3.13. The van der Waals surface area contributed by atoms with Crippen molar-refractivity contribution in [3.8, 4) is 11.3 Å². The number of hydrogen-bond acceptors (Lipinski definition) is 3. The number of esters is 1. The van der Waals surface area contributed by atoms with Crippen molar-refractivity contribution < 1.29 is 18.3 Å². The Balaban J connectivity index is 2.64. The molecule has 5 heteroatoms. The van der Waals surface area contributed by atoms with Crippen LogP contribution in [0.1, 0.15) is 23.0 Å². The Bertz CT molecular complexity index is 726. The average molecular weight is 289 g/mol. The number of hydrogen-bond donors (Lipinski definition) is 0. The van der Waals surface area contributed by atoms with E-state index in [9.17, 15) is 13.6 Å². The maximum Gasteiger partial charge on any atom is 0.338 e. The lowest BCUT2D eigenvalue weighted by Gasteiger charge is -2.09. The molecule has 0 atom stereocenters. The van der Waals surface area contributed by atoms with Gasteiger partial charge in [0, 0.05) is 11.6 Å². The van der Waals surface area contributed by atoms with Gasteiger partial charge < -0.3 is 4.74 Å². The Morgan fingerprint density at radius 1 is 1.24 bits per heavy atom. The summed E-state index contributed by atoms with van der Waals surface area (Å²) in [5.41, 5.74) is 1.60. The SMILES string of the molecule is C=C(C)c1cc(C(=O)OC)cc(-c2ccc(F)cc2F)n1. The number of pyridine rings is 1. The molecule has 2 rings (SSSR count). The van der Waals surface area contributed by atoms with Gasteiger partial charge in [0.25, 0.3) is 0 Å². The highest BCUT2D eigenvalue weighted by atomic mass is 19.1. The standard InChI is InChI=1S/C16H13F2NO2/c1-9(2)14-6-10(16(20)21-3)7-15(19-14)12-5-4-11(17)8-13(12)18/h4-8H,1H2,2-3H3. The van der Waals surface area contributed by atoms with Gasteiger partial charge in [-0.15, -0.1) is 0 Å². The Morgan fingerprint density at radius 2 is 1.95 bits per heavy atom. The molecule has 0 saturated heterocycles. The van der Waals surface area contributed by atoms with Crippen molar-refractivity contribution in [2.24, 2.45) is 0 Å². The fourth-order valence-electron chi connectivity index (χ4n) is 1.82. The van der Waals surface area contributed by atoms with Gasteiger partial charge in [-0.1, -0.05) is 6.58 Å². The van der Waals surface area contributed by atoms with Crippen LogP contribution < -0.4 is 0 Å². The van der Waals surface area contributed by atoms with Crippen molar-refractivity contribution >= 4 is 11.5 Å². The number of rotatable bonds is 3. The second-order valence-corrected chi connectivity index (χ2v) is 4.52. The Morgan fingerprint density at radius 3 is 2.52 bits per heavy atom. The molecule has 0 aliphatic carbocycles. The maximum atomic E-state index is 13.9. The van der Waals surface area contributed by atoms with Crippen molar-refractivity contribution in [2.45, 2.75) is 6.92 Å². The number of aromatic nitrogens is 1. The van der Waals surface area contributed by atoms with Crippen LogP contribution in [0, 0.1) is 11.6 Å². The molecule has 0 spiro atoms. The molecule has 108 valence electrons. The minimum Gasteiger partial charge on any atom is -0.465 e. The van der Waals surface area contributed by atoms with E-state index in [0.29, 0.717) is 11.3 Å². The first-order valence-corrected chi connectivity index (χ1v) is 6.14. The van der Waals surface area contributed by atoms with Crippen molar-refractivity contribution in [1.82, 2.24) is 4.98 Å². The number of carbonyl (C=O) groups is 1. The molecule has 3 nitrogen and oxygen atoms in total. The van der Waals surface area contributed by atoms with Crippen LogP contribution in [0.2, 0.25) is 0 Å². The van der Waals surface area contributed by atoms with Crippen LogP contribution in [0.15, 0.2) is 36.9 Å². The number of carbonyl (C=O) groups excluding carboxylic acids is 1. The molecule has 1 heterocycles. The normalized spacial score (nSPS) is 10.3. The third-order valence-corrected chi connectivity index (χ3v) is 2.89. The monoisotopic (exact) mass is 289 g/mol. The van der Waals surface area contributed by atoms with Gasteiger partial charge in [0.1, 0.15) is 11.6 Å². The summed E-state index contributed by atoms with van der Waals surface area (Å²) in [6.07, 6.45) is 0. The smallest absolute Gasteiger partial charge is 0.338 e. The molecule has 1 aromatic heterocycles. The molecular formula is C16H13F2NO2. The Kier molecular flexibility index (Phi) is 4.12. The van der Waals surface area contributed by atoms with Crippen molar-refractivity contribution in [3.63, 3.8) is 0 Å². The van der Waals surface area contributed by atoms with Gasteiger partial charge in [-0.25, -0.2) is 18.6 Å². The second kappa shape index (κ2) is 5.83. The van der Waals surface area contributed by atoms with Crippen molar-refractivity contribution in [1.29, 1.82) is 0 Å². The summed E-state index contributed by atoms with van der Waals surface area (Å²) in [6.45, 7) is 5.47. The maximum absolute atomic E-state index is 13.9. The second-order valence-electron chi connectivity index (χ2n) is 4.52. The van der Waals surface area contributed by atoms with E-state index < -0.39 is 17.6 Å². The van der Waals surface area contributed by atoms with Crippen LogP contribution in [0.5, 0.6) is 0 Å². The van der Waals surface area contributed by atoms with E-state index in [-0.39, 0.29) is 16.8 Å². The van der Waals surface area contributed by atoms with E-state index in [2.05, 4.69) is 16.3 Å². The molecular weight excluding hydrogens is 276 g/mol. The van der Waals surface area contributed by atoms with Crippen LogP contribution in [0.25, 0.3) is 16.8 Å². The highest BCUT2D eigenvalue weighted by Gasteiger charge is 2.14. The lowest BCUT2D eigenvalue weighted by atomic mass is 10.1. The number of ether oxygens (including phenoxy) is 1. The average Bonchev–Trinajstić information content (AvgIpc) is 2.45. The lowest BCUT2D eigenvalue weighted by molar-refractivity contribution is 0.0600. The summed E-state index contributed by atoms with van der Waals surface area (Å²) in [6, 6.07) is 6.08. The number of nitrogens with zero attached hydrogens (tertiary/aromatic N) is 1. The molecule has 0 unspecified atom stereocenters. The van der Waals surface area contributed by atoms with Crippen molar-refractivity contribution in [3.05, 3.63) is 59.8 Å². The first-order chi connectivity index (χ1) is 9.92. The number of allylic oxidation sites excluding steroid dienone is 1. The van der Waals surface area contributed by atoms with Crippen LogP contribution in [0.3, 0.4) is 0 Å². The minimum atomic E-state index is -0.753. The molecule has 0 aliphatic heterocycles. The lowest BCUT2D eigenvalue weighted by Crippen LogP contribution is -2.04. The summed E-state index contributed by atoms with van der Waals surface area (Å²) in [5, 5.41) is 0. The predicted octanol–water partition coefficient (Wildman–Crippen LogP) is 3.85. The number of methoxy groups -OCH3 is 1. The summed E-state index contributed by atoms with van der Waals surface area (Å²) >= 11 is 0. The topological polar surface area (TPSA) is 39.2 Å².